The van der Waals surface area contributed by atoms with Crippen LogP contribution in [0.4, 0.5) is 11.4 Å². The van der Waals surface area contributed by atoms with Crippen molar-refractivity contribution < 1.29 is 14.0 Å². The van der Waals surface area contributed by atoms with Gasteiger partial charge < -0.3 is 15.1 Å². The summed E-state index contributed by atoms with van der Waals surface area (Å²) in [7, 11) is 0. The van der Waals surface area contributed by atoms with E-state index in [1.807, 2.05) is 0 Å². The number of hydrogen-bond acceptors (Lipinski definition) is 4. The first-order valence-corrected chi connectivity index (χ1v) is 8.80. The van der Waals surface area contributed by atoms with Crippen molar-refractivity contribution >= 4 is 34.8 Å². The summed E-state index contributed by atoms with van der Waals surface area (Å²) in [6, 6.07) is 9.65. The molecule has 1 aromatic carbocycles. The van der Waals surface area contributed by atoms with Crippen molar-refractivity contribution in [1.29, 1.82) is 0 Å². The highest BCUT2D eigenvalue weighted by Crippen LogP contribution is 2.27. The summed E-state index contributed by atoms with van der Waals surface area (Å²) in [4.78, 5) is 24.7. The number of hydrogen-bond donors (Lipinski definition) is 3. The van der Waals surface area contributed by atoms with Crippen LogP contribution in [-0.4, -0.2) is 22.0 Å². The van der Waals surface area contributed by atoms with Crippen LogP contribution in [0.1, 0.15) is 40.6 Å². The van der Waals surface area contributed by atoms with Crippen LogP contribution in [0.5, 0.6) is 0 Å². The van der Waals surface area contributed by atoms with Crippen LogP contribution in [0.3, 0.4) is 0 Å². The second kappa shape index (κ2) is 8.09. The van der Waals surface area contributed by atoms with E-state index in [0.717, 1.165) is 12.1 Å². The number of H-pyrrole nitrogens is 1. The van der Waals surface area contributed by atoms with Crippen molar-refractivity contribution in [1.82, 2.24) is 10.2 Å². The zero-order valence-electron chi connectivity index (χ0n) is 14.9. The summed E-state index contributed by atoms with van der Waals surface area (Å²) in [5.74, 6) is -0.243. The van der Waals surface area contributed by atoms with Crippen LogP contribution in [-0.2, 0) is 6.42 Å². The van der Waals surface area contributed by atoms with Gasteiger partial charge in [0.2, 0.25) is 0 Å². The summed E-state index contributed by atoms with van der Waals surface area (Å²) in [5.41, 5.74) is 1.91. The summed E-state index contributed by atoms with van der Waals surface area (Å²) in [5, 5.41) is 12.8. The molecule has 0 bridgehead atoms. The van der Waals surface area contributed by atoms with E-state index in [2.05, 4.69) is 34.7 Å². The molecule has 0 aliphatic carbocycles. The van der Waals surface area contributed by atoms with Gasteiger partial charge in [-0.15, -0.1) is 0 Å². The Balaban J connectivity index is 1.77. The Morgan fingerprint density at radius 2 is 1.93 bits per heavy atom. The Kier molecular flexibility index (Phi) is 5.61. The SMILES string of the molecule is CC(C)Cc1cc(C(=O)Nc2ccc(Cl)cc2NC(=O)c2ccco2)n[nH]1. The van der Waals surface area contributed by atoms with Crippen molar-refractivity contribution in [2.24, 2.45) is 5.92 Å². The molecule has 0 unspecified atom stereocenters. The van der Waals surface area contributed by atoms with Crippen molar-refractivity contribution in [3.63, 3.8) is 0 Å². The van der Waals surface area contributed by atoms with Crippen LogP contribution < -0.4 is 10.6 Å². The number of amides is 2. The molecular formula is C19H19ClN4O3. The van der Waals surface area contributed by atoms with Crippen LogP contribution in [0, 0.1) is 5.92 Å². The Bertz CT molecular complexity index is 948. The van der Waals surface area contributed by atoms with Crippen molar-refractivity contribution in [2.75, 3.05) is 10.6 Å². The van der Waals surface area contributed by atoms with Crippen LogP contribution in [0.2, 0.25) is 5.02 Å². The summed E-state index contributed by atoms with van der Waals surface area (Å²) < 4.78 is 5.08. The number of nitrogens with zero attached hydrogens (tertiary/aromatic N) is 1. The van der Waals surface area contributed by atoms with Crippen molar-refractivity contribution in [2.45, 2.75) is 20.3 Å². The van der Waals surface area contributed by atoms with Gasteiger partial charge in [0.15, 0.2) is 11.5 Å². The Hall–Kier alpha value is -3.06. The lowest BCUT2D eigenvalue weighted by molar-refractivity contribution is 0.0992. The molecule has 3 rings (SSSR count). The third-order valence-electron chi connectivity index (χ3n) is 3.71. The lowest BCUT2D eigenvalue weighted by Gasteiger charge is -2.11. The normalized spacial score (nSPS) is 10.8. The smallest absolute Gasteiger partial charge is 0.291 e. The number of halogens is 1. The van der Waals surface area contributed by atoms with Gasteiger partial charge in [0.1, 0.15) is 0 Å². The molecule has 27 heavy (non-hydrogen) atoms. The van der Waals surface area contributed by atoms with Crippen molar-refractivity contribution in [3.05, 3.63) is 64.8 Å². The molecule has 0 saturated heterocycles. The molecule has 3 aromatic rings. The fourth-order valence-corrected chi connectivity index (χ4v) is 2.70. The molecule has 0 spiro atoms. The third-order valence-corrected chi connectivity index (χ3v) is 3.95. The van der Waals surface area contributed by atoms with E-state index in [1.165, 1.54) is 12.3 Å². The van der Waals surface area contributed by atoms with Crippen LogP contribution in [0.25, 0.3) is 0 Å². The molecule has 2 amide bonds. The average Bonchev–Trinajstić information content (AvgIpc) is 3.28. The van der Waals surface area contributed by atoms with Gasteiger partial charge in [-0.25, -0.2) is 0 Å². The van der Waals surface area contributed by atoms with Gasteiger partial charge in [-0.2, -0.15) is 5.10 Å². The van der Waals surface area contributed by atoms with Gasteiger partial charge in [0, 0.05) is 10.7 Å². The zero-order valence-corrected chi connectivity index (χ0v) is 15.6. The van der Waals surface area contributed by atoms with Gasteiger partial charge in [0.05, 0.1) is 17.6 Å². The highest BCUT2D eigenvalue weighted by Gasteiger charge is 2.16. The number of furan rings is 1. The molecule has 0 aliphatic heterocycles. The summed E-state index contributed by atoms with van der Waals surface area (Å²) in [6.45, 7) is 4.17. The molecule has 0 fully saturated rings. The first kappa shape index (κ1) is 18.7. The van der Waals surface area contributed by atoms with Crippen molar-refractivity contribution in [3.8, 4) is 0 Å². The number of benzene rings is 1. The van der Waals surface area contributed by atoms with Crippen LogP contribution >= 0.6 is 11.6 Å². The van der Waals surface area contributed by atoms with Gasteiger partial charge >= 0.3 is 0 Å². The fraction of sp³-hybridized carbons (Fsp3) is 0.211. The molecule has 0 atom stereocenters. The number of nitrogens with one attached hydrogen (secondary N) is 3. The maximum atomic E-state index is 12.5. The number of anilines is 2. The zero-order chi connectivity index (χ0) is 19.4. The minimum absolute atomic E-state index is 0.151. The molecule has 8 heteroatoms. The standard InChI is InChI=1S/C19H19ClN4O3/c1-11(2)8-13-10-16(24-23-13)18(25)21-14-6-5-12(20)9-15(14)22-19(26)17-4-3-7-27-17/h3-7,9-11H,8H2,1-2H3,(H,21,25)(H,22,26)(H,23,24). The predicted molar refractivity (Wildman–Crippen MR) is 103 cm³/mol. The molecule has 140 valence electrons. The maximum Gasteiger partial charge on any atom is 0.291 e. The van der Waals surface area contributed by atoms with E-state index in [9.17, 15) is 9.59 Å². The highest BCUT2D eigenvalue weighted by atomic mass is 35.5. The number of aromatic nitrogens is 2. The summed E-state index contributed by atoms with van der Waals surface area (Å²) >= 11 is 6.03. The topological polar surface area (TPSA) is 100 Å². The number of carbonyl (C=O) groups excluding carboxylic acids is 2. The van der Waals surface area contributed by atoms with Gasteiger partial charge in [0.25, 0.3) is 11.8 Å². The molecule has 0 aliphatic rings. The summed E-state index contributed by atoms with van der Waals surface area (Å²) in [6.07, 6.45) is 2.20. The number of rotatable bonds is 6. The predicted octanol–water partition coefficient (Wildman–Crippen LogP) is 4.36. The molecule has 0 radical (unpaired) electrons. The molecule has 2 aromatic heterocycles. The lowest BCUT2D eigenvalue weighted by atomic mass is 10.1. The molecule has 0 saturated carbocycles. The molecular weight excluding hydrogens is 368 g/mol. The Labute approximate surface area is 161 Å². The van der Waals surface area contributed by atoms with E-state index in [1.54, 1.807) is 30.3 Å². The second-order valence-corrected chi connectivity index (χ2v) is 6.89. The number of aromatic amines is 1. The Morgan fingerprint density at radius 3 is 2.63 bits per heavy atom. The molecule has 2 heterocycles. The first-order chi connectivity index (χ1) is 12.9. The monoisotopic (exact) mass is 386 g/mol. The van der Waals surface area contributed by atoms with E-state index < -0.39 is 11.8 Å². The third kappa shape index (κ3) is 4.77. The largest absolute Gasteiger partial charge is 0.459 e. The van der Waals surface area contributed by atoms with E-state index in [4.69, 9.17) is 16.0 Å². The number of carbonyl (C=O) groups is 2. The molecule has 3 N–H and O–H groups in total. The second-order valence-electron chi connectivity index (χ2n) is 6.45. The minimum atomic E-state index is -0.447. The highest BCUT2D eigenvalue weighted by molar-refractivity contribution is 6.31. The molecule has 7 nitrogen and oxygen atoms in total. The van der Waals surface area contributed by atoms with E-state index in [0.29, 0.717) is 22.3 Å². The first-order valence-electron chi connectivity index (χ1n) is 8.42. The lowest BCUT2D eigenvalue weighted by Crippen LogP contribution is -2.16. The Morgan fingerprint density at radius 1 is 1.15 bits per heavy atom. The van der Waals surface area contributed by atoms with Crippen LogP contribution in [0.15, 0.2) is 47.1 Å². The average molecular weight is 387 g/mol. The van der Waals surface area contributed by atoms with Gasteiger partial charge in [-0.05, 0) is 48.7 Å². The quantitative estimate of drug-likeness (QED) is 0.586. The van der Waals surface area contributed by atoms with Gasteiger partial charge in [-0.1, -0.05) is 25.4 Å². The van der Waals surface area contributed by atoms with E-state index >= 15 is 0 Å². The maximum absolute atomic E-state index is 12.5. The minimum Gasteiger partial charge on any atom is -0.459 e. The van der Waals surface area contributed by atoms with E-state index in [-0.39, 0.29) is 11.5 Å². The van der Waals surface area contributed by atoms with Gasteiger partial charge in [-0.3, -0.25) is 14.7 Å². The fourth-order valence-electron chi connectivity index (χ4n) is 2.53.